The first-order chi connectivity index (χ1) is 12.6. The predicted octanol–water partition coefficient (Wildman–Crippen LogP) is 3.55. The Hall–Kier alpha value is -2.67. The Morgan fingerprint density at radius 3 is 2.77 bits per heavy atom. The smallest absolute Gasteiger partial charge is 0.335 e. The molecule has 0 aliphatic rings. The van der Waals surface area contributed by atoms with Crippen LogP contribution in [-0.4, -0.2) is 35.5 Å². The number of hydrogen-bond acceptors (Lipinski definition) is 7. The average Bonchev–Trinajstić information content (AvgIpc) is 3.14. The molecule has 2 rings (SSSR count). The molecule has 0 amide bonds. The second-order valence-corrected chi connectivity index (χ2v) is 5.60. The van der Waals surface area contributed by atoms with Gasteiger partial charge in [-0.15, -0.1) is 16.8 Å². The number of rotatable bonds is 11. The molecule has 0 fully saturated rings. The van der Waals surface area contributed by atoms with Gasteiger partial charge in [0.25, 0.3) is 5.89 Å². The molecule has 1 heterocycles. The molecule has 2 aromatic rings. The van der Waals surface area contributed by atoms with E-state index < -0.39 is 12.1 Å². The lowest BCUT2D eigenvalue weighted by Gasteiger charge is -2.09. The first-order valence-electron chi connectivity index (χ1n) is 8.58. The third-order valence-electron chi connectivity index (χ3n) is 3.47. The van der Waals surface area contributed by atoms with Gasteiger partial charge in [0, 0.05) is 5.56 Å². The SMILES string of the molecule is C=CCOC(C)C(=O)OCc1nnc(-c2ccc(OCCCC)cc2)o1. The summed E-state index contributed by atoms with van der Waals surface area (Å²) in [6, 6.07) is 7.40. The minimum Gasteiger partial charge on any atom is -0.494 e. The summed E-state index contributed by atoms with van der Waals surface area (Å²) in [7, 11) is 0. The van der Waals surface area contributed by atoms with Gasteiger partial charge in [0.2, 0.25) is 5.89 Å². The quantitative estimate of drug-likeness (QED) is 0.344. The zero-order chi connectivity index (χ0) is 18.8. The fourth-order valence-electron chi connectivity index (χ4n) is 1.99. The minimum atomic E-state index is -0.685. The molecule has 1 atom stereocenters. The Morgan fingerprint density at radius 1 is 1.31 bits per heavy atom. The van der Waals surface area contributed by atoms with E-state index in [1.165, 1.54) is 0 Å². The van der Waals surface area contributed by atoms with Crippen molar-refractivity contribution in [3.8, 4) is 17.2 Å². The van der Waals surface area contributed by atoms with E-state index in [2.05, 4.69) is 23.7 Å². The Kier molecular flexibility index (Phi) is 7.82. The van der Waals surface area contributed by atoms with Crippen LogP contribution >= 0.6 is 0 Å². The van der Waals surface area contributed by atoms with Gasteiger partial charge in [-0.1, -0.05) is 19.4 Å². The van der Waals surface area contributed by atoms with E-state index in [4.69, 9.17) is 18.6 Å². The standard InChI is InChI=1S/C19H24N2O5/c1-4-6-12-24-16-9-7-15(8-10-16)18-21-20-17(26-18)13-25-19(22)14(3)23-11-5-2/h5,7-10,14H,2,4,6,11-13H2,1,3H3. The van der Waals surface area contributed by atoms with E-state index in [1.54, 1.807) is 13.0 Å². The minimum absolute atomic E-state index is 0.105. The van der Waals surface area contributed by atoms with Crippen molar-refractivity contribution >= 4 is 5.97 Å². The van der Waals surface area contributed by atoms with Crippen LogP contribution in [0, 0.1) is 0 Å². The summed E-state index contributed by atoms with van der Waals surface area (Å²) in [5, 5.41) is 7.86. The van der Waals surface area contributed by atoms with Crippen LogP contribution in [0.2, 0.25) is 0 Å². The van der Waals surface area contributed by atoms with Crippen molar-refractivity contribution in [1.29, 1.82) is 0 Å². The lowest BCUT2D eigenvalue weighted by Crippen LogP contribution is -2.23. The van der Waals surface area contributed by atoms with E-state index in [1.807, 2.05) is 24.3 Å². The van der Waals surface area contributed by atoms with Gasteiger partial charge in [-0.2, -0.15) is 0 Å². The number of carbonyl (C=O) groups excluding carboxylic acids is 1. The molecule has 0 saturated carbocycles. The summed E-state index contributed by atoms with van der Waals surface area (Å²) in [5.41, 5.74) is 0.764. The number of aromatic nitrogens is 2. The Balaban J connectivity index is 1.86. The molecule has 0 aliphatic heterocycles. The van der Waals surface area contributed by atoms with Crippen molar-refractivity contribution in [3.63, 3.8) is 0 Å². The van der Waals surface area contributed by atoms with Crippen LogP contribution in [0.3, 0.4) is 0 Å². The van der Waals surface area contributed by atoms with Crippen molar-refractivity contribution in [2.24, 2.45) is 0 Å². The van der Waals surface area contributed by atoms with Crippen LogP contribution in [-0.2, 0) is 20.9 Å². The van der Waals surface area contributed by atoms with E-state index in [0.29, 0.717) is 12.5 Å². The Labute approximate surface area is 153 Å². The maximum Gasteiger partial charge on any atom is 0.335 e. The van der Waals surface area contributed by atoms with Crippen LogP contribution in [0.25, 0.3) is 11.5 Å². The van der Waals surface area contributed by atoms with Crippen LogP contribution in [0.15, 0.2) is 41.3 Å². The normalized spacial score (nSPS) is 11.8. The lowest BCUT2D eigenvalue weighted by atomic mass is 10.2. The largest absolute Gasteiger partial charge is 0.494 e. The highest BCUT2D eigenvalue weighted by Crippen LogP contribution is 2.21. The molecule has 0 N–H and O–H groups in total. The molecule has 140 valence electrons. The Morgan fingerprint density at radius 2 is 2.08 bits per heavy atom. The van der Waals surface area contributed by atoms with Gasteiger partial charge in [0.05, 0.1) is 13.2 Å². The van der Waals surface area contributed by atoms with Crippen LogP contribution < -0.4 is 4.74 Å². The van der Waals surface area contributed by atoms with Crippen LogP contribution in [0.4, 0.5) is 0 Å². The van der Waals surface area contributed by atoms with E-state index in [-0.39, 0.29) is 19.1 Å². The maximum absolute atomic E-state index is 11.8. The zero-order valence-corrected chi connectivity index (χ0v) is 15.1. The summed E-state index contributed by atoms with van der Waals surface area (Å²) >= 11 is 0. The van der Waals surface area contributed by atoms with Crippen molar-refractivity contribution in [1.82, 2.24) is 10.2 Å². The molecule has 0 radical (unpaired) electrons. The van der Waals surface area contributed by atoms with Gasteiger partial charge in [0.15, 0.2) is 12.7 Å². The maximum atomic E-state index is 11.8. The second-order valence-electron chi connectivity index (χ2n) is 5.60. The number of nitrogens with zero attached hydrogens (tertiary/aromatic N) is 2. The predicted molar refractivity (Wildman–Crippen MR) is 95.5 cm³/mol. The molecule has 26 heavy (non-hydrogen) atoms. The molecule has 0 saturated heterocycles. The van der Waals surface area contributed by atoms with Gasteiger partial charge in [-0.25, -0.2) is 4.79 Å². The number of esters is 1. The first kappa shape index (κ1) is 19.7. The summed E-state index contributed by atoms with van der Waals surface area (Å²) in [6.07, 6.45) is 2.99. The summed E-state index contributed by atoms with van der Waals surface area (Å²) < 4.78 is 21.4. The average molecular weight is 360 g/mol. The molecule has 0 bridgehead atoms. The number of hydrogen-bond donors (Lipinski definition) is 0. The van der Waals surface area contributed by atoms with Crippen molar-refractivity contribution < 1.29 is 23.4 Å². The number of benzene rings is 1. The van der Waals surface area contributed by atoms with E-state index >= 15 is 0 Å². The third-order valence-corrected chi connectivity index (χ3v) is 3.47. The molecular weight excluding hydrogens is 336 g/mol. The monoisotopic (exact) mass is 360 g/mol. The second kappa shape index (κ2) is 10.4. The summed E-state index contributed by atoms with van der Waals surface area (Å²) in [5.74, 6) is 0.865. The molecule has 1 unspecified atom stereocenters. The molecule has 7 heteroatoms. The highest BCUT2D eigenvalue weighted by Gasteiger charge is 2.16. The first-order valence-corrected chi connectivity index (χ1v) is 8.58. The highest BCUT2D eigenvalue weighted by atomic mass is 16.6. The topological polar surface area (TPSA) is 83.7 Å². The zero-order valence-electron chi connectivity index (χ0n) is 15.1. The lowest BCUT2D eigenvalue weighted by molar-refractivity contribution is -0.157. The molecule has 0 aliphatic carbocycles. The van der Waals surface area contributed by atoms with Crippen molar-refractivity contribution in [2.45, 2.75) is 39.4 Å². The third kappa shape index (κ3) is 6.00. The fraction of sp³-hybridized carbons (Fsp3) is 0.421. The van der Waals surface area contributed by atoms with E-state index in [0.717, 1.165) is 24.2 Å². The van der Waals surface area contributed by atoms with Gasteiger partial charge in [0.1, 0.15) is 5.75 Å². The Bertz CT molecular complexity index is 696. The molecule has 1 aromatic carbocycles. The van der Waals surface area contributed by atoms with Gasteiger partial charge < -0.3 is 18.6 Å². The number of carbonyl (C=O) groups is 1. The van der Waals surface area contributed by atoms with Crippen molar-refractivity contribution in [2.75, 3.05) is 13.2 Å². The number of ether oxygens (including phenoxy) is 3. The highest BCUT2D eigenvalue weighted by molar-refractivity contribution is 5.74. The molecule has 7 nitrogen and oxygen atoms in total. The summed E-state index contributed by atoms with van der Waals surface area (Å²) in [4.78, 5) is 11.8. The molecule has 1 aromatic heterocycles. The summed E-state index contributed by atoms with van der Waals surface area (Å²) in [6.45, 7) is 8.11. The van der Waals surface area contributed by atoms with Gasteiger partial charge >= 0.3 is 5.97 Å². The van der Waals surface area contributed by atoms with Gasteiger partial charge in [-0.3, -0.25) is 0 Å². The van der Waals surface area contributed by atoms with Crippen molar-refractivity contribution in [3.05, 3.63) is 42.8 Å². The van der Waals surface area contributed by atoms with E-state index in [9.17, 15) is 4.79 Å². The van der Waals surface area contributed by atoms with Gasteiger partial charge in [-0.05, 0) is 37.6 Å². The number of unbranched alkanes of at least 4 members (excludes halogenated alkanes) is 1. The molecule has 0 spiro atoms. The molecular formula is C19H24N2O5. The fourth-order valence-corrected chi connectivity index (χ4v) is 1.99. The van der Waals surface area contributed by atoms with Crippen LogP contribution in [0.1, 0.15) is 32.6 Å². The van der Waals surface area contributed by atoms with Crippen LogP contribution in [0.5, 0.6) is 5.75 Å².